The highest BCUT2D eigenvalue weighted by Crippen LogP contribution is 2.31. The molecule has 2 atom stereocenters. The second-order valence-corrected chi connectivity index (χ2v) is 9.25. The summed E-state index contributed by atoms with van der Waals surface area (Å²) in [6, 6.07) is 0. The van der Waals surface area contributed by atoms with E-state index in [2.05, 4.69) is 90.0 Å². The van der Waals surface area contributed by atoms with Gasteiger partial charge in [-0.15, -0.1) is 0 Å². The van der Waals surface area contributed by atoms with E-state index in [1.54, 1.807) is 0 Å². The Morgan fingerprint density at radius 2 is 0.846 bits per heavy atom. The highest BCUT2D eigenvalue weighted by atomic mass is 14.3. The summed E-state index contributed by atoms with van der Waals surface area (Å²) in [6.45, 7) is 29.7. The van der Waals surface area contributed by atoms with Crippen LogP contribution in [0.4, 0.5) is 0 Å². The average molecular weight is 377 g/mol. The van der Waals surface area contributed by atoms with Crippen LogP contribution in [-0.2, 0) is 0 Å². The topological polar surface area (TPSA) is 0 Å². The van der Waals surface area contributed by atoms with Crippen molar-refractivity contribution in [2.45, 2.75) is 144 Å². The molecule has 0 aromatic carbocycles. The van der Waals surface area contributed by atoms with Crippen LogP contribution in [0.5, 0.6) is 0 Å². The van der Waals surface area contributed by atoms with Gasteiger partial charge in [-0.3, -0.25) is 0 Å². The Kier molecular flexibility index (Phi) is 33.3. The normalized spacial score (nSPS) is 12.7. The maximum atomic E-state index is 2.35. The first-order valence-electron chi connectivity index (χ1n) is 10.3. The van der Waals surface area contributed by atoms with Crippen molar-refractivity contribution in [1.29, 1.82) is 0 Å². The average Bonchev–Trinajstić information content (AvgIpc) is 2.52. The van der Waals surface area contributed by atoms with E-state index in [0.717, 1.165) is 17.8 Å². The number of rotatable bonds is 6. The van der Waals surface area contributed by atoms with E-state index in [-0.39, 0.29) is 22.3 Å². The Morgan fingerprint density at radius 1 is 0.538 bits per heavy atom. The first-order chi connectivity index (χ1) is 10.3. The van der Waals surface area contributed by atoms with Gasteiger partial charge in [0.15, 0.2) is 0 Å². The molecule has 0 nitrogen and oxygen atoms in total. The summed E-state index contributed by atoms with van der Waals surface area (Å²) in [5.41, 5.74) is 1.06. The van der Waals surface area contributed by atoms with E-state index in [1.807, 2.05) is 0 Å². The predicted octanol–water partition coefficient (Wildman–Crippen LogP) is 10.9. The second-order valence-electron chi connectivity index (χ2n) is 9.25. The fraction of sp³-hybridized carbons (Fsp3) is 1.00. The van der Waals surface area contributed by atoms with Crippen molar-refractivity contribution >= 4 is 0 Å². The van der Waals surface area contributed by atoms with Crippen molar-refractivity contribution in [3.8, 4) is 0 Å². The van der Waals surface area contributed by atoms with Crippen LogP contribution in [0.1, 0.15) is 144 Å². The lowest BCUT2D eigenvalue weighted by molar-refractivity contribution is 0.215. The smallest absolute Gasteiger partial charge is 0.0331 e. The summed E-state index contributed by atoms with van der Waals surface area (Å²) in [6.07, 6.45) is 6.55. The van der Waals surface area contributed by atoms with E-state index < -0.39 is 0 Å². The zero-order valence-corrected chi connectivity index (χ0v) is 19.3. The molecule has 0 rings (SSSR count). The molecule has 0 aromatic heterocycles. The molecule has 0 heterocycles. The van der Waals surface area contributed by atoms with Crippen molar-refractivity contribution in [2.75, 3.05) is 0 Å². The molecule has 0 saturated carbocycles. The maximum absolute atomic E-state index is 2.35. The molecule has 2 unspecified atom stereocenters. The largest absolute Gasteiger partial charge is 0.0776 e. The van der Waals surface area contributed by atoms with Gasteiger partial charge >= 0.3 is 0 Å². The zero-order chi connectivity index (χ0) is 19.3. The third-order valence-electron chi connectivity index (χ3n) is 6.34. The summed E-state index contributed by atoms with van der Waals surface area (Å²) in [4.78, 5) is 0. The van der Waals surface area contributed by atoms with Gasteiger partial charge < -0.3 is 0 Å². The molecule has 26 heavy (non-hydrogen) atoms. The lowest BCUT2D eigenvalue weighted by Gasteiger charge is -2.29. The first kappa shape index (κ1) is 40.6. The van der Waals surface area contributed by atoms with Gasteiger partial charge in [0.25, 0.3) is 0 Å². The van der Waals surface area contributed by atoms with Crippen molar-refractivity contribution in [3.63, 3.8) is 0 Å². The van der Waals surface area contributed by atoms with Gasteiger partial charge in [-0.25, -0.2) is 0 Å². The lowest BCUT2D eigenvalue weighted by atomic mass is 9.77. The lowest BCUT2D eigenvalue weighted by Crippen LogP contribution is -2.19. The Bertz CT molecular complexity index is 227. The number of hydrogen-bond acceptors (Lipinski definition) is 0. The number of hydrogen-bond donors (Lipinski definition) is 0. The monoisotopic (exact) mass is 377 g/mol. The van der Waals surface area contributed by atoms with Gasteiger partial charge in [-0.05, 0) is 28.6 Å². The molecule has 0 aromatic rings. The van der Waals surface area contributed by atoms with E-state index >= 15 is 0 Å². The predicted molar refractivity (Wildman–Crippen MR) is 132 cm³/mol. The van der Waals surface area contributed by atoms with E-state index in [0.29, 0.717) is 10.8 Å². The molecule has 0 bridgehead atoms. The molecule has 168 valence electrons. The van der Waals surface area contributed by atoms with Crippen LogP contribution < -0.4 is 0 Å². The van der Waals surface area contributed by atoms with Crippen LogP contribution in [0.3, 0.4) is 0 Å². The second kappa shape index (κ2) is 21.3. The summed E-state index contributed by atoms with van der Waals surface area (Å²) in [5.74, 6) is 2.65. The summed E-state index contributed by atoms with van der Waals surface area (Å²) in [5, 5.41) is 0. The molecule has 0 saturated heterocycles. The molecule has 0 amide bonds. The molecule has 0 radical (unpaired) electrons. The molecule has 0 spiro atoms. The molecular formula is C26H64. The van der Waals surface area contributed by atoms with Crippen LogP contribution in [0.15, 0.2) is 0 Å². The van der Waals surface area contributed by atoms with Crippen LogP contribution in [0.25, 0.3) is 0 Å². The Hall–Kier alpha value is 0. The maximum Gasteiger partial charge on any atom is -0.0331 e. The van der Waals surface area contributed by atoms with E-state index in [4.69, 9.17) is 0 Å². The van der Waals surface area contributed by atoms with Crippen LogP contribution in [0, 0.1) is 28.6 Å². The van der Waals surface area contributed by atoms with Gasteiger partial charge in [0, 0.05) is 0 Å². The molecule has 0 fully saturated rings. The highest BCUT2D eigenvalue weighted by molar-refractivity contribution is 4.71. The summed E-state index contributed by atoms with van der Waals surface area (Å²) < 4.78 is 0. The minimum absolute atomic E-state index is 0. The SMILES string of the molecule is C.C.C.CCC(C)C(C)(C)C.CCC(C)C(C)(C)CC.CCC(C)CC. The van der Waals surface area contributed by atoms with Crippen LogP contribution >= 0.6 is 0 Å². The fourth-order valence-electron chi connectivity index (χ4n) is 1.80. The zero-order valence-electron chi connectivity index (χ0n) is 19.3. The van der Waals surface area contributed by atoms with Gasteiger partial charge in [-0.2, -0.15) is 0 Å². The van der Waals surface area contributed by atoms with Gasteiger partial charge in [-0.1, -0.05) is 144 Å². The third-order valence-corrected chi connectivity index (χ3v) is 6.34. The van der Waals surface area contributed by atoms with Crippen molar-refractivity contribution in [2.24, 2.45) is 28.6 Å². The first-order valence-corrected chi connectivity index (χ1v) is 10.3. The third kappa shape index (κ3) is 24.0. The van der Waals surface area contributed by atoms with Crippen molar-refractivity contribution in [3.05, 3.63) is 0 Å². The molecule has 0 aliphatic rings. The molecular weight excluding hydrogens is 312 g/mol. The molecule has 0 aliphatic carbocycles. The Balaban J connectivity index is -0.0000000555. The fourth-order valence-corrected chi connectivity index (χ4v) is 1.80. The van der Waals surface area contributed by atoms with Gasteiger partial charge in [0.2, 0.25) is 0 Å². The molecule has 0 aliphatic heterocycles. The molecule has 0 heteroatoms. The van der Waals surface area contributed by atoms with Crippen LogP contribution in [0.2, 0.25) is 0 Å². The Morgan fingerprint density at radius 3 is 0.885 bits per heavy atom. The quantitative estimate of drug-likeness (QED) is 0.432. The highest BCUT2D eigenvalue weighted by Gasteiger charge is 2.21. The van der Waals surface area contributed by atoms with Crippen molar-refractivity contribution in [1.82, 2.24) is 0 Å². The minimum Gasteiger partial charge on any atom is -0.0776 e. The van der Waals surface area contributed by atoms with Gasteiger partial charge in [0.1, 0.15) is 0 Å². The molecule has 0 N–H and O–H groups in total. The van der Waals surface area contributed by atoms with E-state index in [9.17, 15) is 0 Å². The minimum atomic E-state index is 0. The van der Waals surface area contributed by atoms with E-state index in [1.165, 1.54) is 32.1 Å². The standard InChI is InChI=1S/C9H20.C8H18.C6H14.3CH4/c1-6-8(3)9(4,5)7-2;1-6-7(2)8(3,4)5;1-4-6(3)5-2;;;/h8H,6-7H2,1-5H3;7H,6H2,1-5H3;6H,4-5H2,1-3H3;3*1H4. The van der Waals surface area contributed by atoms with Gasteiger partial charge in [0.05, 0.1) is 0 Å². The summed E-state index contributed by atoms with van der Waals surface area (Å²) >= 11 is 0. The van der Waals surface area contributed by atoms with Crippen molar-refractivity contribution < 1.29 is 0 Å². The summed E-state index contributed by atoms with van der Waals surface area (Å²) in [7, 11) is 0. The Labute approximate surface area is 173 Å². The van der Waals surface area contributed by atoms with Crippen LogP contribution in [-0.4, -0.2) is 0 Å².